The van der Waals surface area contributed by atoms with Gasteiger partial charge in [-0.15, -0.1) is 0 Å². The van der Waals surface area contributed by atoms with Gasteiger partial charge in [0.1, 0.15) is 11.5 Å². The molecule has 124 valence electrons. The first-order valence-electron chi connectivity index (χ1n) is 7.77. The summed E-state index contributed by atoms with van der Waals surface area (Å²) in [5, 5.41) is 6.56. The van der Waals surface area contributed by atoms with Crippen LogP contribution in [0.5, 0.6) is 11.5 Å². The average Bonchev–Trinajstić information content (AvgIpc) is 2.96. The van der Waals surface area contributed by atoms with Crippen molar-refractivity contribution < 1.29 is 9.53 Å². The predicted molar refractivity (Wildman–Crippen MR) is 98.5 cm³/mol. The highest BCUT2D eigenvalue weighted by Crippen LogP contribution is 2.26. The molecule has 1 aliphatic rings. The van der Waals surface area contributed by atoms with Crippen molar-refractivity contribution in [1.29, 1.82) is 0 Å². The van der Waals surface area contributed by atoms with Crippen LogP contribution in [0.15, 0.2) is 54.6 Å². The van der Waals surface area contributed by atoms with Crippen LogP contribution in [0.2, 0.25) is 0 Å². The summed E-state index contributed by atoms with van der Waals surface area (Å²) in [7, 11) is 1.76. The maximum Gasteiger partial charge on any atom is 0.229 e. The summed E-state index contributed by atoms with van der Waals surface area (Å²) in [5.74, 6) is 1.61. The van der Waals surface area contributed by atoms with Crippen LogP contribution in [0.3, 0.4) is 0 Å². The van der Waals surface area contributed by atoms with Crippen LogP contribution in [-0.2, 0) is 4.79 Å². The van der Waals surface area contributed by atoms with E-state index in [2.05, 4.69) is 10.6 Å². The van der Waals surface area contributed by atoms with E-state index in [9.17, 15) is 4.79 Å². The van der Waals surface area contributed by atoms with Gasteiger partial charge in [-0.25, -0.2) is 0 Å². The van der Waals surface area contributed by atoms with Crippen LogP contribution >= 0.6 is 12.2 Å². The van der Waals surface area contributed by atoms with Gasteiger partial charge < -0.3 is 20.3 Å². The van der Waals surface area contributed by atoms with Crippen molar-refractivity contribution in [2.24, 2.45) is 0 Å². The van der Waals surface area contributed by atoms with Gasteiger partial charge in [-0.1, -0.05) is 18.2 Å². The summed E-state index contributed by atoms with van der Waals surface area (Å²) in [4.78, 5) is 14.0. The van der Waals surface area contributed by atoms with Crippen molar-refractivity contribution in [2.45, 2.75) is 12.5 Å². The molecule has 3 rings (SSSR count). The van der Waals surface area contributed by atoms with Gasteiger partial charge in [-0.2, -0.15) is 0 Å². The standard InChI is InChI=1S/C18H19N3O2S/c1-19-18(24)20-13-11-17(22)21(12-13)14-7-9-16(10-8-14)23-15-5-3-2-4-6-15/h2-10,13H,11-12H2,1H3,(H2,19,20,24). The molecule has 1 unspecified atom stereocenters. The third-order valence-corrected chi connectivity index (χ3v) is 4.14. The Bertz CT molecular complexity index is 719. The number of carbonyl (C=O) groups excluding carboxylic acids is 1. The second-order valence-corrected chi connectivity index (χ2v) is 5.95. The summed E-state index contributed by atoms with van der Waals surface area (Å²) in [6.45, 7) is 0.597. The molecule has 0 bridgehead atoms. The van der Waals surface area contributed by atoms with Gasteiger partial charge in [0.2, 0.25) is 5.91 Å². The van der Waals surface area contributed by atoms with E-state index in [0.29, 0.717) is 18.1 Å². The summed E-state index contributed by atoms with van der Waals surface area (Å²) in [6, 6.07) is 17.2. The molecule has 5 nitrogen and oxygen atoms in total. The Morgan fingerprint density at radius 3 is 2.46 bits per heavy atom. The number of anilines is 1. The zero-order valence-corrected chi connectivity index (χ0v) is 14.2. The van der Waals surface area contributed by atoms with Crippen molar-refractivity contribution in [1.82, 2.24) is 10.6 Å². The van der Waals surface area contributed by atoms with Crippen LogP contribution < -0.4 is 20.3 Å². The van der Waals surface area contributed by atoms with Crippen molar-refractivity contribution in [2.75, 3.05) is 18.5 Å². The van der Waals surface area contributed by atoms with E-state index >= 15 is 0 Å². The SMILES string of the molecule is CNC(=S)NC1CC(=O)N(c2ccc(Oc3ccccc3)cc2)C1. The molecular weight excluding hydrogens is 322 g/mol. The molecule has 1 aliphatic heterocycles. The molecule has 2 aromatic rings. The topological polar surface area (TPSA) is 53.6 Å². The Hall–Kier alpha value is -2.60. The lowest BCUT2D eigenvalue weighted by Gasteiger charge is -2.18. The Morgan fingerprint density at radius 2 is 1.79 bits per heavy atom. The monoisotopic (exact) mass is 341 g/mol. The number of benzene rings is 2. The molecule has 1 fully saturated rings. The highest BCUT2D eigenvalue weighted by Gasteiger charge is 2.30. The van der Waals surface area contributed by atoms with Crippen LogP contribution in [0, 0.1) is 0 Å². The third kappa shape index (κ3) is 3.83. The molecule has 24 heavy (non-hydrogen) atoms. The largest absolute Gasteiger partial charge is 0.457 e. The van der Waals surface area contributed by atoms with E-state index in [-0.39, 0.29) is 11.9 Å². The number of para-hydroxylation sites is 1. The lowest BCUT2D eigenvalue weighted by atomic mass is 10.2. The maximum atomic E-state index is 12.2. The Labute approximate surface area is 146 Å². The van der Waals surface area contributed by atoms with Gasteiger partial charge in [0.15, 0.2) is 5.11 Å². The number of rotatable bonds is 4. The van der Waals surface area contributed by atoms with Gasteiger partial charge >= 0.3 is 0 Å². The quantitative estimate of drug-likeness (QED) is 0.838. The zero-order chi connectivity index (χ0) is 16.9. The molecule has 1 heterocycles. The Balaban J connectivity index is 1.65. The fourth-order valence-electron chi connectivity index (χ4n) is 2.63. The molecule has 2 N–H and O–H groups in total. The van der Waals surface area contributed by atoms with Crippen LogP contribution in [0.4, 0.5) is 5.69 Å². The average molecular weight is 341 g/mol. The van der Waals surface area contributed by atoms with Crippen molar-refractivity contribution in [3.63, 3.8) is 0 Å². The van der Waals surface area contributed by atoms with Crippen molar-refractivity contribution in [3.8, 4) is 11.5 Å². The van der Waals surface area contributed by atoms with Crippen LogP contribution in [0.1, 0.15) is 6.42 Å². The molecule has 1 amide bonds. The molecule has 0 spiro atoms. The highest BCUT2D eigenvalue weighted by molar-refractivity contribution is 7.80. The summed E-state index contributed by atoms with van der Waals surface area (Å²) in [5.41, 5.74) is 0.861. The summed E-state index contributed by atoms with van der Waals surface area (Å²) >= 11 is 5.10. The lowest BCUT2D eigenvalue weighted by molar-refractivity contribution is -0.117. The molecule has 1 saturated heterocycles. The third-order valence-electron chi connectivity index (χ3n) is 3.81. The number of amides is 1. The number of ether oxygens (including phenoxy) is 1. The first-order valence-corrected chi connectivity index (χ1v) is 8.18. The number of hydrogen-bond acceptors (Lipinski definition) is 3. The van der Waals surface area contributed by atoms with E-state index in [1.165, 1.54) is 0 Å². The summed E-state index contributed by atoms with van der Waals surface area (Å²) in [6.07, 6.45) is 0.435. The highest BCUT2D eigenvalue weighted by atomic mass is 32.1. The van der Waals surface area contributed by atoms with Crippen molar-refractivity contribution >= 4 is 28.9 Å². The molecule has 1 atom stereocenters. The second kappa shape index (κ2) is 7.31. The van der Waals surface area contributed by atoms with Gasteiger partial charge in [0.05, 0.1) is 6.04 Å². The predicted octanol–water partition coefficient (Wildman–Crippen LogP) is 2.68. The molecule has 6 heteroatoms. The zero-order valence-electron chi connectivity index (χ0n) is 13.4. The molecule has 0 aromatic heterocycles. The van der Waals surface area contributed by atoms with Gasteiger partial charge in [0.25, 0.3) is 0 Å². The van der Waals surface area contributed by atoms with Gasteiger partial charge in [-0.05, 0) is 48.6 Å². The molecule has 2 aromatic carbocycles. The van der Waals surface area contributed by atoms with Gasteiger partial charge in [0, 0.05) is 25.7 Å². The number of nitrogens with zero attached hydrogens (tertiary/aromatic N) is 1. The Kier molecular flexibility index (Phi) is 4.96. The normalized spacial score (nSPS) is 16.8. The minimum atomic E-state index is 0.0256. The Morgan fingerprint density at radius 1 is 1.12 bits per heavy atom. The minimum absolute atomic E-state index is 0.0256. The van der Waals surface area contributed by atoms with Crippen LogP contribution in [0.25, 0.3) is 0 Å². The molecule has 0 aliphatic carbocycles. The number of carbonyl (C=O) groups is 1. The van der Waals surface area contributed by atoms with E-state index in [0.717, 1.165) is 17.2 Å². The first-order chi connectivity index (χ1) is 11.7. The number of thiocarbonyl (C=S) groups is 1. The van der Waals surface area contributed by atoms with E-state index in [1.807, 2.05) is 54.6 Å². The van der Waals surface area contributed by atoms with E-state index in [1.54, 1.807) is 11.9 Å². The van der Waals surface area contributed by atoms with Crippen molar-refractivity contribution in [3.05, 3.63) is 54.6 Å². The fraction of sp³-hybridized carbons (Fsp3) is 0.222. The lowest BCUT2D eigenvalue weighted by Crippen LogP contribution is -2.41. The van der Waals surface area contributed by atoms with E-state index < -0.39 is 0 Å². The molecule has 0 saturated carbocycles. The molecule has 0 radical (unpaired) electrons. The smallest absolute Gasteiger partial charge is 0.229 e. The number of hydrogen-bond donors (Lipinski definition) is 2. The fourth-order valence-corrected chi connectivity index (χ4v) is 2.80. The van der Waals surface area contributed by atoms with Crippen LogP contribution in [-0.4, -0.2) is 30.7 Å². The second-order valence-electron chi connectivity index (χ2n) is 5.54. The maximum absolute atomic E-state index is 12.2. The minimum Gasteiger partial charge on any atom is -0.457 e. The molecular formula is C18H19N3O2S. The van der Waals surface area contributed by atoms with Gasteiger partial charge in [-0.3, -0.25) is 4.79 Å². The summed E-state index contributed by atoms with van der Waals surface area (Å²) < 4.78 is 5.77. The first kappa shape index (κ1) is 16.3. The number of nitrogens with one attached hydrogen (secondary N) is 2. The van der Waals surface area contributed by atoms with E-state index in [4.69, 9.17) is 17.0 Å².